The number of aliphatic hydroxyl groups is 1. The van der Waals surface area contributed by atoms with Crippen LogP contribution in [0.5, 0.6) is 5.75 Å². The molecule has 1 fully saturated rings. The van der Waals surface area contributed by atoms with E-state index in [0.717, 1.165) is 37.3 Å². The van der Waals surface area contributed by atoms with Gasteiger partial charge in [0.2, 0.25) is 0 Å². The van der Waals surface area contributed by atoms with Crippen LogP contribution < -0.4 is 10.5 Å². The monoisotopic (exact) mass is 442 g/mol. The molecular weight excluding hydrogens is 408 g/mol. The van der Waals surface area contributed by atoms with Crippen LogP contribution in [-0.2, 0) is 11.3 Å². The Morgan fingerprint density at radius 3 is 2.66 bits per heavy atom. The standard InChI is InChI=1S/C21H34N2O4S2/c1-4-28-21(29-5-2)18-8-6-9-23(18)20(25)16-12-15(14-24)19(13-17(16)22)27-11-7-10-26-3/h12-13,18,21,24H,4-11,14,22H2,1-3H3/t18-/m0/s1. The van der Waals surface area contributed by atoms with Crippen molar-refractivity contribution in [1.29, 1.82) is 0 Å². The lowest BCUT2D eigenvalue weighted by atomic mass is 10.1. The van der Waals surface area contributed by atoms with E-state index in [1.807, 2.05) is 28.4 Å². The number of nitrogen functional groups attached to an aromatic ring is 1. The highest BCUT2D eigenvalue weighted by Gasteiger charge is 2.36. The van der Waals surface area contributed by atoms with Gasteiger partial charge >= 0.3 is 0 Å². The van der Waals surface area contributed by atoms with Gasteiger partial charge in [0.05, 0.1) is 29.4 Å². The van der Waals surface area contributed by atoms with E-state index in [-0.39, 0.29) is 18.6 Å². The van der Waals surface area contributed by atoms with Crippen LogP contribution in [0.15, 0.2) is 12.1 Å². The van der Waals surface area contributed by atoms with Gasteiger partial charge in [-0.25, -0.2) is 0 Å². The predicted molar refractivity (Wildman–Crippen MR) is 123 cm³/mol. The molecule has 0 radical (unpaired) electrons. The molecule has 0 unspecified atom stereocenters. The van der Waals surface area contributed by atoms with Gasteiger partial charge in [-0.1, -0.05) is 13.8 Å². The van der Waals surface area contributed by atoms with Crippen molar-refractivity contribution in [3.05, 3.63) is 23.3 Å². The fraction of sp³-hybridized carbons (Fsp3) is 0.667. The average Bonchev–Trinajstić information content (AvgIpc) is 3.20. The number of carbonyl (C=O) groups excluding carboxylic acids is 1. The number of aliphatic hydroxyl groups excluding tert-OH is 1. The van der Waals surface area contributed by atoms with Crippen LogP contribution >= 0.6 is 23.5 Å². The third-order valence-corrected chi connectivity index (χ3v) is 7.69. The number of carbonyl (C=O) groups is 1. The highest BCUT2D eigenvalue weighted by Crippen LogP contribution is 2.36. The molecule has 0 aliphatic carbocycles. The highest BCUT2D eigenvalue weighted by atomic mass is 32.2. The van der Waals surface area contributed by atoms with Gasteiger partial charge in [0.1, 0.15) is 5.75 Å². The predicted octanol–water partition coefficient (Wildman–Crippen LogP) is 3.61. The molecule has 1 aliphatic heterocycles. The molecule has 1 aliphatic rings. The van der Waals surface area contributed by atoms with E-state index in [1.54, 1.807) is 19.2 Å². The molecule has 164 valence electrons. The van der Waals surface area contributed by atoms with E-state index >= 15 is 0 Å². The van der Waals surface area contributed by atoms with E-state index in [2.05, 4.69) is 13.8 Å². The molecule has 1 atom stereocenters. The zero-order valence-corrected chi connectivity index (χ0v) is 19.3. The number of hydrogen-bond donors (Lipinski definition) is 2. The minimum atomic E-state index is -0.205. The van der Waals surface area contributed by atoms with E-state index in [9.17, 15) is 9.90 Å². The maximum absolute atomic E-state index is 13.4. The Bertz CT molecular complexity index is 654. The fourth-order valence-electron chi connectivity index (χ4n) is 3.55. The molecule has 1 saturated heterocycles. The second-order valence-electron chi connectivity index (χ2n) is 6.89. The number of amides is 1. The molecule has 6 nitrogen and oxygen atoms in total. The molecule has 0 spiro atoms. The summed E-state index contributed by atoms with van der Waals surface area (Å²) in [5.74, 6) is 2.53. The minimum absolute atomic E-state index is 0.0518. The molecule has 1 aromatic carbocycles. The van der Waals surface area contributed by atoms with Gasteiger partial charge in [0.15, 0.2) is 0 Å². The number of nitrogens with zero attached hydrogens (tertiary/aromatic N) is 1. The van der Waals surface area contributed by atoms with Gasteiger partial charge in [-0.05, 0) is 30.4 Å². The number of anilines is 1. The van der Waals surface area contributed by atoms with Gasteiger partial charge in [0, 0.05) is 44.0 Å². The van der Waals surface area contributed by atoms with Gasteiger partial charge in [-0.2, -0.15) is 0 Å². The number of ether oxygens (including phenoxy) is 2. The third kappa shape index (κ3) is 6.44. The lowest BCUT2D eigenvalue weighted by molar-refractivity contribution is 0.0746. The van der Waals surface area contributed by atoms with Crippen molar-refractivity contribution < 1.29 is 19.4 Å². The van der Waals surface area contributed by atoms with Crippen LogP contribution in [0.4, 0.5) is 5.69 Å². The zero-order valence-electron chi connectivity index (χ0n) is 17.7. The lowest BCUT2D eigenvalue weighted by Crippen LogP contribution is -2.41. The summed E-state index contributed by atoms with van der Waals surface area (Å²) in [6.07, 6.45) is 2.77. The normalized spacial score (nSPS) is 16.6. The van der Waals surface area contributed by atoms with Crippen LogP contribution in [0.2, 0.25) is 0 Å². The SMILES string of the molecule is CCSC(SCC)[C@@H]1CCCN1C(=O)c1cc(CO)c(OCCCOC)cc1N. The number of likely N-dealkylation sites (tertiary alicyclic amines) is 1. The summed E-state index contributed by atoms with van der Waals surface area (Å²) in [4.78, 5) is 15.3. The smallest absolute Gasteiger partial charge is 0.256 e. The minimum Gasteiger partial charge on any atom is -0.493 e. The molecule has 3 N–H and O–H groups in total. The largest absolute Gasteiger partial charge is 0.493 e. The van der Waals surface area contributed by atoms with Crippen molar-refractivity contribution in [2.75, 3.05) is 44.1 Å². The van der Waals surface area contributed by atoms with Crippen LogP contribution in [0.25, 0.3) is 0 Å². The van der Waals surface area contributed by atoms with Crippen molar-refractivity contribution in [3.8, 4) is 5.75 Å². The Morgan fingerprint density at radius 1 is 1.31 bits per heavy atom. The Morgan fingerprint density at radius 2 is 2.03 bits per heavy atom. The number of methoxy groups -OCH3 is 1. The Labute approximate surface area is 182 Å². The average molecular weight is 443 g/mol. The van der Waals surface area contributed by atoms with Crippen LogP contribution in [0, 0.1) is 0 Å². The van der Waals surface area contributed by atoms with Gasteiger partial charge in [-0.15, -0.1) is 23.5 Å². The summed E-state index contributed by atoms with van der Waals surface area (Å²) in [5.41, 5.74) is 7.66. The van der Waals surface area contributed by atoms with E-state index < -0.39 is 0 Å². The molecular formula is C21H34N2O4S2. The second-order valence-corrected chi connectivity index (χ2v) is 10.0. The molecule has 29 heavy (non-hydrogen) atoms. The number of thioether (sulfide) groups is 2. The topological polar surface area (TPSA) is 85.0 Å². The molecule has 0 saturated carbocycles. The van der Waals surface area contributed by atoms with Crippen molar-refractivity contribution in [2.45, 2.75) is 50.3 Å². The Hall–Kier alpha value is -1.09. The van der Waals surface area contributed by atoms with Crippen molar-refractivity contribution in [1.82, 2.24) is 4.90 Å². The zero-order chi connectivity index (χ0) is 21.2. The van der Waals surface area contributed by atoms with Gasteiger partial charge in [-0.3, -0.25) is 4.79 Å². The van der Waals surface area contributed by atoms with Crippen LogP contribution in [0.3, 0.4) is 0 Å². The Balaban J connectivity index is 2.20. The van der Waals surface area contributed by atoms with E-state index in [1.165, 1.54) is 0 Å². The van der Waals surface area contributed by atoms with Crippen molar-refractivity contribution in [3.63, 3.8) is 0 Å². The molecule has 1 aromatic rings. The second kappa shape index (κ2) is 12.6. The van der Waals surface area contributed by atoms with Crippen LogP contribution in [0.1, 0.15) is 49.0 Å². The fourth-order valence-corrected chi connectivity index (χ4v) is 6.42. The summed E-state index contributed by atoms with van der Waals surface area (Å²) in [5, 5.41) is 9.79. The maximum Gasteiger partial charge on any atom is 0.256 e. The first-order chi connectivity index (χ1) is 14.1. The molecule has 1 heterocycles. The molecule has 2 rings (SSSR count). The Kier molecular flexibility index (Phi) is 10.5. The quantitative estimate of drug-likeness (QED) is 0.290. The molecule has 0 aromatic heterocycles. The summed E-state index contributed by atoms with van der Waals surface area (Å²) in [6.45, 7) is 5.93. The first-order valence-electron chi connectivity index (χ1n) is 10.3. The number of rotatable bonds is 12. The van der Waals surface area contributed by atoms with Crippen molar-refractivity contribution in [2.24, 2.45) is 0 Å². The van der Waals surface area contributed by atoms with Crippen molar-refractivity contribution >= 4 is 35.1 Å². The summed E-state index contributed by atoms with van der Waals surface area (Å²) >= 11 is 3.82. The molecule has 1 amide bonds. The lowest BCUT2D eigenvalue weighted by Gasteiger charge is -2.31. The van der Waals surface area contributed by atoms with E-state index in [0.29, 0.717) is 40.4 Å². The number of benzene rings is 1. The maximum atomic E-state index is 13.4. The summed E-state index contributed by atoms with van der Waals surface area (Å²) < 4.78 is 11.1. The van der Waals surface area contributed by atoms with Gasteiger partial charge < -0.3 is 25.2 Å². The first kappa shape index (κ1) is 24.2. The molecule has 8 heteroatoms. The van der Waals surface area contributed by atoms with E-state index in [4.69, 9.17) is 15.2 Å². The van der Waals surface area contributed by atoms with Gasteiger partial charge in [0.25, 0.3) is 5.91 Å². The number of nitrogens with two attached hydrogens (primary N) is 1. The first-order valence-corrected chi connectivity index (χ1v) is 12.4. The third-order valence-electron chi connectivity index (χ3n) is 4.92. The summed E-state index contributed by atoms with van der Waals surface area (Å²) in [7, 11) is 1.64. The molecule has 0 bridgehead atoms. The van der Waals surface area contributed by atoms with Crippen LogP contribution in [-0.4, -0.2) is 64.9 Å². The number of hydrogen-bond acceptors (Lipinski definition) is 7. The highest BCUT2D eigenvalue weighted by molar-refractivity contribution is 8.17. The summed E-state index contributed by atoms with van der Waals surface area (Å²) in [6, 6.07) is 3.56.